The van der Waals surface area contributed by atoms with Gasteiger partial charge in [0.15, 0.2) is 0 Å². The predicted octanol–water partition coefficient (Wildman–Crippen LogP) is 3.18. The molecule has 18 heavy (non-hydrogen) atoms. The van der Waals surface area contributed by atoms with Gasteiger partial charge in [0.25, 0.3) is 0 Å². The van der Waals surface area contributed by atoms with Crippen LogP contribution in [0.3, 0.4) is 0 Å². The van der Waals surface area contributed by atoms with Crippen molar-refractivity contribution in [2.45, 2.75) is 43.7 Å². The Bertz CT molecular complexity index is 385. The fraction of sp³-hybridized carbons (Fsp3) is 0.500. The Morgan fingerprint density at radius 1 is 1.33 bits per heavy atom. The van der Waals surface area contributed by atoms with Crippen LogP contribution in [-0.2, 0) is 9.53 Å². The summed E-state index contributed by atoms with van der Waals surface area (Å²) in [5.74, 6) is -0.566. The molecule has 0 aliphatic heterocycles. The summed E-state index contributed by atoms with van der Waals surface area (Å²) < 4.78 is 5.44. The number of carbonyl (C=O) groups excluding carboxylic acids is 1. The average Bonchev–Trinajstić information content (AvgIpc) is 2.24. The second-order valence-corrected chi connectivity index (χ2v) is 6.42. The molecule has 0 spiro atoms. The van der Waals surface area contributed by atoms with Crippen LogP contribution in [0.5, 0.6) is 0 Å². The molecule has 0 bridgehead atoms. The molecule has 3 nitrogen and oxygen atoms in total. The van der Waals surface area contributed by atoms with E-state index >= 15 is 0 Å². The fourth-order valence-corrected chi connectivity index (χ4v) is 2.03. The largest absolute Gasteiger partial charge is 0.459 e. The van der Waals surface area contributed by atoms with Crippen molar-refractivity contribution in [1.82, 2.24) is 0 Å². The van der Waals surface area contributed by atoms with E-state index in [0.717, 1.165) is 5.56 Å². The van der Waals surface area contributed by atoms with E-state index < -0.39 is 5.60 Å². The summed E-state index contributed by atoms with van der Waals surface area (Å²) in [5, 5.41) is 0. The van der Waals surface area contributed by atoms with E-state index in [-0.39, 0.29) is 16.8 Å². The first-order valence-corrected chi connectivity index (χ1v) is 6.88. The minimum Gasteiger partial charge on any atom is -0.459 e. The molecule has 1 aromatic rings. The molecule has 0 aliphatic rings. The molecule has 0 amide bonds. The van der Waals surface area contributed by atoms with E-state index in [1.54, 1.807) is 0 Å². The van der Waals surface area contributed by atoms with Crippen LogP contribution in [0.25, 0.3) is 0 Å². The van der Waals surface area contributed by atoms with Crippen LogP contribution in [0.4, 0.5) is 0 Å². The summed E-state index contributed by atoms with van der Waals surface area (Å²) in [7, 11) is 0. The van der Waals surface area contributed by atoms with Crippen molar-refractivity contribution in [2.24, 2.45) is 5.73 Å². The summed E-state index contributed by atoms with van der Waals surface area (Å²) in [4.78, 5) is 12.0. The molecule has 2 N–H and O–H groups in total. The third-order valence-corrected chi connectivity index (χ3v) is 2.73. The first-order chi connectivity index (χ1) is 8.29. The zero-order valence-corrected chi connectivity index (χ0v) is 12.6. The Morgan fingerprint density at radius 2 is 1.89 bits per heavy atom. The number of carbonyl (C=O) groups is 1. The lowest BCUT2D eigenvalue weighted by Gasteiger charge is -2.24. The molecular formula is C14H20BrNO2. The van der Waals surface area contributed by atoms with Gasteiger partial charge in [-0.3, -0.25) is 4.79 Å². The van der Waals surface area contributed by atoms with Crippen LogP contribution in [0.15, 0.2) is 30.3 Å². The van der Waals surface area contributed by atoms with Crippen molar-refractivity contribution in [3.05, 3.63) is 35.9 Å². The van der Waals surface area contributed by atoms with E-state index in [4.69, 9.17) is 10.5 Å². The molecule has 1 rings (SSSR count). The molecular weight excluding hydrogens is 294 g/mol. The van der Waals surface area contributed by atoms with Crippen LogP contribution in [0.2, 0.25) is 0 Å². The number of ether oxygens (including phenoxy) is 1. The lowest BCUT2D eigenvalue weighted by atomic mass is 9.95. The molecule has 2 atom stereocenters. The topological polar surface area (TPSA) is 52.3 Å². The quantitative estimate of drug-likeness (QED) is 0.527. The molecule has 100 valence electrons. The highest BCUT2D eigenvalue weighted by molar-refractivity contribution is 9.09. The number of nitrogens with two attached hydrogens (primary N) is 1. The second kappa shape index (κ2) is 6.34. The zero-order valence-electron chi connectivity index (χ0n) is 11.0. The van der Waals surface area contributed by atoms with Gasteiger partial charge in [-0.15, -0.1) is 0 Å². The Hall–Kier alpha value is -0.870. The minimum atomic E-state index is -0.486. The monoisotopic (exact) mass is 313 g/mol. The van der Waals surface area contributed by atoms with Crippen LogP contribution < -0.4 is 5.73 Å². The lowest BCUT2D eigenvalue weighted by Crippen LogP contribution is -2.30. The maximum atomic E-state index is 12.2. The third kappa shape index (κ3) is 5.19. The molecule has 0 heterocycles. The molecule has 0 saturated carbocycles. The van der Waals surface area contributed by atoms with Gasteiger partial charge in [0.05, 0.1) is 10.9 Å². The number of rotatable bonds is 4. The Balaban J connectivity index is 2.89. The zero-order chi connectivity index (χ0) is 13.8. The number of esters is 1. The van der Waals surface area contributed by atoms with Crippen molar-refractivity contribution in [3.63, 3.8) is 0 Å². The highest BCUT2D eigenvalue weighted by Crippen LogP contribution is 2.26. The Morgan fingerprint density at radius 3 is 2.33 bits per heavy atom. The van der Waals surface area contributed by atoms with Crippen molar-refractivity contribution in [2.75, 3.05) is 0 Å². The van der Waals surface area contributed by atoms with E-state index in [0.29, 0.717) is 6.42 Å². The molecule has 0 fully saturated rings. The summed E-state index contributed by atoms with van der Waals surface area (Å²) in [6, 6.07) is 9.58. The van der Waals surface area contributed by atoms with Gasteiger partial charge in [-0.2, -0.15) is 0 Å². The summed E-state index contributed by atoms with van der Waals surface area (Å²) in [6.45, 7) is 5.59. The van der Waals surface area contributed by atoms with Crippen LogP contribution in [0.1, 0.15) is 38.7 Å². The van der Waals surface area contributed by atoms with Crippen molar-refractivity contribution in [1.29, 1.82) is 0 Å². The smallest absolute Gasteiger partial charge is 0.314 e. The maximum absolute atomic E-state index is 12.2. The van der Waals surface area contributed by atoms with Crippen LogP contribution >= 0.6 is 15.9 Å². The number of hydrogen-bond acceptors (Lipinski definition) is 3. The number of halogens is 1. The van der Waals surface area contributed by atoms with Gasteiger partial charge in [0.1, 0.15) is 5.60 Å². The van der Waals surface area contributed by atoms with Gasteiger partial charge >= 0.3 is 5.97 Å². The molecule has 0 aliphatic carbocycles. The number of alkyl halides is 1. The second-order valence-electron chi connectivity index (χ2n) is 5.25. The van der Waals surface area contributed by atoms with Gasteiger partial charge in [-0.05, 0) is 32.8 Å². The highest BCUT2D eigenvalue weighted by Gasteiger charge is 2.27. The minimum absolute atomic E-state index is 0.227. The van der Waals surface area contributed by atoms with Crippen molar-refractivity contribution >= 4 is 21.9 Å². The summed E-state index contributed by atoms with van der Waals surface area (Å²) in [5.41, 5.74) is 6.19. The molecule has 2 unspecified atom stereocenters. The first kappa shape index (κ1) is 15.2. The van der Waals surface area contributed by atoms with E-state index in [9.17, 15) is 4.79 Å². The molecule has 0 saturated heterocycles. The van der Waals surface area contributed by atoms with Gasteiger partial charge in [0.2, 0.25) is 0 Å². The van der Waals surface area contributed by atoms with Crippen molar-refractivity contribution < 1.29 is 9.53 Å². The van der Waals surface area contributed by atoms with Gasteiger partial charge in [-0.25, -0.2) is 0 Å². The molecule has 0 radical (unpaired) electrons. The van der Waals surface area contributed by atoms with Crippen molar-refractivity contribution in [3.8, 4) is 0 Å². The third-order valence-electron chi connectivity index (χ3n) is 2.35. The lowest BCUT2D eigenvalue weighted by molar-refractivity contribution is -0.156. The summed E-state index contributed by atoms with van der Waals surface area (Å²) in [6.07, 6.45) is 0.513. The molecule has 0 aromatic heterocycles. The van der Waals surface area contributed by atoms with Crippen LogP contribution in [0, 0.1) is 0 Å². The van der Waals surface area contributed by atoms with E-state index in [1.165, 1.54) is 0 Å². The van der Waals surface area contributed by atoms with E-state index in [1.807, 2.05) is 51.1 Å². The Kier molecular flexibility index (Phi) is 5.35. The van der Waals surface area contributed by atoms with E-state index in [2.05, 4.69) is 15.9 Å². The number of benzene rings is 1. The highest BCUT2D eigenvalue weighted by atomic mass is 79.9. The van der Waals surface area contributed by atoms with Crippen LogP contribution in [-0.4, -0.2) is 16.5 Å². The summed E-state index contributed by atoms with van der Waals surface area (Å²) >= 11 is 3.29. The predicted molar refractivity (Wildman–Crippen MR) is 76.5 cm³/mol. The average molecular weight is 314 g/mol. The standard InChI is InChI=1S/C14H20BrNO2/c1-14(2,3)18-13(17)11(9-12(15)16)10-7-5-4-6-8-10/h4-8,11-12H,9,16H2,1-3H3. The Labute approximate surface area is 117 Å². The fourth-order valence-electron chi connectivity index (χ4n) is 1.65. The van der Waals surface area contributed by atoms with Gasteiger partial charge < -0.3 is 10.5 Å². The van der Waals surface area contributed by atoms with Gasteiger partial charge in [0, 0.05) is 0 Å². The number of hydrogen-bond donors (Lipinski definition) is 1. The SMILES string of the molecule is CC(C)(C)OC(=O)C(CC(N)Br)c1ccccc1. The molecule has 1 aromatic carbocycles. The normalized spacial score (nSPS) is 14.9. The first-order valence-electron chi connectivity index (χ1n) is 5.97. The maximum Gasteiger partial charge on any atom is 0.314 e. The van der Waals surface area contributed by atoms with Gasteiger partial charge in [-0.1, -0.05) is 46.3 Å². The molecule has 4 heteroatoms.